The molecule has 1 heterocycles. The van der Waals surface area contributed by atoms with Gasteiger partial charge in [0.1, 0.15) is 5.82 Å². The molecule has 1 aromatic rings. The number of carbonyl (C=O) groups excluding carboxylic acids is 1. The van der Waals surface area contributed by atoms with Crippen LogP contribution >= 0.6 is 0 Å². The number of hydrogen-bond donors (Lipinski definition) is 1. The van der Waals surface area contributed by atoms with E-state index >= 15 is 0 Å². The predicted molar refractivity (Wildman–Crippen MR) is 75.9 cm³/mol. The highest BCUT2D eigenvalue weighted by Crippen LogP contribution is 2.39. The number of urea groups is 1. The molecule has 4 heteroatoms. The quantitative estimate of drug-likeness (QED) is 0.882. The van der Waals surface area contributed by atoms with Gasteiger partial charge in [0.15, 0.2) is 0 Å². The zero-order valence-corrected chi connectivity index (χ0v) is 11.7. The number of carbonyl (C=O) groups is 1. The molecule has 1 aliphatic heterocycles. The van der Waals surface area contributed by atoms with Crippen molar-refractivity contribution in [2.75, 3.05) is 13.1 Å². The highest BCUT2D eigenvalue weighted by Gasteiger charge is 2.38. The van der Waals surface area contributed by atoms with Gasteiger partial charge in [-0.05, 0) is 43.4 Å². The third-order valence-corrected chi connectivity index (χ3v) is 4.59. The number of nitrogens with one attached hydrogen (secondary N) is 1. The maximum atomic E-state index is 13.1. The predicted octanol–water partition coefficient (Wildman–Crippen LogP) is 3.40. The topological polar surface area (TPSA) is 32.3 Å². The number of hydrogen-bond acceptors (Lipinski definition) is 1. The average Bonchev–Trinajstić information content (AvgIpc) is 3.10. The van der Waals surface area contributed by atoms with E-state index in [4.69, 9.17) is 0 Å². The van der Waals surface area contributed by atoms with Crippen molar-refractivity contribution < 1.29 is 9.18 Å². The van der Waals surface area contributed by atoms with Crippen LogP contribution in [0.5, 0.6) is 0 Å². The van der Waals surface area contributed by atoms with Crippen LogP contribution < -0.4 is 5.32 Å². The summed E-state index contributed by atoms with van der Waals surface area (Å²) in [7, 11) is 0. The number of halogens is 1. The zero-order chi connectivity index (χ0) is 14.0. The first-order valence-electron chi connectivity index (χ1n) is 7.53. The molecular formula is C16H21FN2O. The Bertz CT molecular complexity index is 474. The first kappa shape index (κ1) is 13.4. The number of benzene rings is 1. The molecule has 0 spiro atoms. The molecule has 0 bridgehead atoms. The summed E-state index contributed by atoms with van der Waals surface area (Å²) in [5, 5.41) is 3.23. The Kier molecular flexibility index (Phi) is 3.64. The highest BCUT2D eigenvalue weighted by molar-refractivity contribution is 5.75. The summed E-state index contributed by atoms with van der Waals surface area (Å²) in [6.45, 7) is 1.71. The fourth-order valence-electron chi connectivity index (χ4n) is 3.44. The summed E-state index contributed by atoms with van der Waals surface area (Å²) in [5.74, 6) is -0.229. The van der Waals surface area contributed by atoms with Crippen molar-refractivity contribution in [3.8, 4) is 0 Å². The molecule has 2 amide bonds. The van der Waals surface area contributed by atoms with Crippen LogP contribution in [-0.4, -0.2) is 24.0 Å². The Morgan fingerprint density at radius 1 is 1.05 bits per heavy atom. The van der Waals surface area contributed by atoms with Gasteiger partial charge in [0.2, 0.25) is 0 Å². The normalized spacial score (nSPS) is 21.1. The molecule has 0 radical (unpaired) electrons. The number of rotatable bonds is 2. The van der Waals surface area contributed by atoms with Gasteiger partial charge in [0.25, 0.3) is 0 Å². The summed E-state index contributed by atoms with van der Waals surface area (Å²) in [4.78, 5) is 14.3. The zero-order valence-electron chi connectivity index (χ0n) is 11.7. The third kappa shape index (κ3) is 2.51. The molecule has 1 aromatic carbocycles. The van der Waals surface area contributed by atoms with Gasteiger partial charge in [-0.3, -0.25) is 0 Å². The molecule has 1 saturated heterocycles. The first-order valence-corrected chi connectivity index (χ1v) is 7.53. The van der Waals surface area contributed by atoms with Gasteiger partial charge in [-0.25, -0.2) is 9.18 Å². The summed E-state index contributed by atoms with van der Waals surface area (Å²) in [6.07, 6.45) is 6.29. The number of nitrogens with zero attached hydrogens (tertiary/aromatic N) is 1. The Hall–Kier alpha value is -1.58. The second kappa shape index (κ2) is 5.43. The lowest BCUT2D eigenvalue weighted by Crippen LogP contribution is -2.49. The van der Waals surface area contributed by atoms with E-state index in [9.17, 15) is 9.18 Å². The molecule has 20 heavy (non-hydrogen) atoms. The Labute approximate surface area is 119 Å². The minimum atomic E-state index is -0.298. The molecule has 3 rings (SSSR count). The minimum Gasteiger partial charge on any atom is -0.328 e. The molecular weight excluding hydrogens is 255 g/mol. The number of amides is 2. The van der Waals surface area contributed by atoms with Gasteiger partial charge in [-0.2, -0.15) is 0 Å². The van der Waals surface area contributed by atoms with Crippen molar-refractivity contribution in [1.82, 2.24) is 10.2 Å². The van der Waals surface area contributed by atoms with Crippen molar-refractivity contribution in [1.29, 1.82) is 0 Å². The maximum Gasteiger partial charge on any atom is 0.318 e. The van der Waals surface area contributed by atoms with Crippen molar-refractivity contribution in [2.45, 2.75) is 44.1 Å². The van der Waals surface area contributed by atoms with E-state index in [2.05, 4.69) is 5.32 Å². The van der Waals surface area contributed by atoms with Crippen LogP contribution in [0.3, 0.4) is 0 Å². The lowest BCUT2D eigenvalue weighted by Gasteiger charge is -2.33. The molecule has 2 fully saturated rings. The fraction of sp³-hybridized carbons (Fsp3) is 0.562. The molecule has 108 valence electrons. The van der Waals surface area contributed by atoms with Gasteiger partial charge in [-0.1, -0.05) is 25.0 Å². The van der Waals surface area contributed by atoms with E-state index in [1.165, 1.54) is 12.1 Å². The average molecular weight is 276 g/mol. The van der Waals surface area contributed by atoms with Crippen molar-refractivity contribution in [3.63, 3.8) is 0 Å². The van der Waals surface area contributed by atoms with Crippen LogP contribution in [-0.2, 0) is 5.54 Å². The van der Waals surface area contributed by atoms with Crippen LogP contribution in [0.2, 0.25) is 0 Å². The summed E-state index contributed by atoms with van der Waals surface area (Å²) in [6, 6.07) is 6.62. The van der Waals surface area contributed by atoms with E-state index in [1.807, 2.05) is 17.0 Å². The van der Waals surface area contributed by atoms with Gasteiger partial charge >= 0.3 is 6.03 Å². The van der Waals surface area contributed by atoms with Crippen LogP contribution in [0.15, 0.2) is 24.3 Å². The van der Waals surface area contributed by atoms with Crippen LogP contribution in [0, 0.1) is 5.82 Å². The standard InChI is InChI=1S/C16H21FN2O/c17-14-7-5-13(6-8-14)16(9-1-2-10-16)18-15(20)19-11-3-4-12-19/h5-8H,1-4,9-12H2,(H,18,20). The molecule has 2 aliphatic rings. The van der Waals surface area contributed by atoms with E-state index in [-0.39, 0.29) is 17.4 Å². The lowest BCUT2D eigenvalue weighted by atomic mass is 9.88. The molecule has 0 atom stereocenters. The second-order valence-corrected chi connectivity index (χ2v) is 5.92. The smallest absolute Gasteiger partial charge is 0.318 e. The van der Waals surface area contributed by atoms with Crippen molar-refractivity contribution in [3.05, 3.63) is 35.6 Å². The molecule has 0 aromatic heterocycles. The van der Waals surface area contributed by atoms with Crippen LogP contribution in [0.4, 0.5) is 9.18 Å². The summed E-state index contributed by atoms with van der Waals surface area (Å²) >= 11 is 0. The minimum absolute atomic E-state index is 0.0359. The van der Waals surface area contributed by atoms with Crippen molar-refractivity contribution >= 4 is 6.03 Å². The highest BCUT2D eigenvalue weighted by atomic mass is 19.1. The van der Waals surface area contributed by atoms with E-state index < -0.39 is 0 Å². The van der Waals surface area contributed by atoms with Crippen molar-refractivity contribution in [2.24, 2.45) is 0 Å². The van der Waals surface area contributed by atoms with Crippen LogP contribution in [0.1, 0.15) is 44.1 Å². The maximum absolute atomic E-state index is 13.1. The molecule has 0 unspecified atom stereocenters. The number of likely N-dealkylation sites (tertiary alicyclic amines) is 1. The van der Waals surface area contributed by atoms with E-state index in [0.29, 0.717) is 0 Å². The SMILES string of the molecule is O=C(NC1(c2ccc(F)cc2)CCCC1)N1CCCC1. The lowest BCUT2D eigenvalue weighted by molar-refractivity contribution is 0.192. The van der Waals surface area contributed by atoms with Gasteiger partial charge in [0, 0.05) is 13.1 Å². The summed E-state index contributed by atoms with van der Waals surface area (Å²) < 4.78 is 13.1. The Balaban J connectivity index is 1.80. The van der Waals surface area contributed by atoms with E-state index in [0.717, 1.165) is 57.2 Å². The largest absolute Gasteiger partial charge is 0.328 e. The molecule has 3 nitrogen and oxygen atoms in total. The molecule has 1 N–H and O–H groups in total. The fourth-order valence-corrected chi connectivity index (χ4v) is 3.44. The van der Waals surface area contributed by atoms with Crippen LogP contribution in [0.25, 0.3) is 0 Å². The molecule has 1 saturated carbocycles. The monoisotopic (exact) mass is 276 g/mol. The van der Waals surface area contributed by atoms with Gasteiger partial charge < -0.3 is 10.2 Å². The second-order valence-electron chi connectivity index (χ2n) is 5.92. The summed E-state index contributed by atoms with van der Waals surface area (Å²) in [5.41, 5.74) is 0.733. The van der Waals surface area contributed by atoms with E-state index in [1.54, 1.807) is 0 Å². The molecule has 1 aliphatic carbocycles. The first-order chi connectivity index (χ1) is 9.70. The Morgan fingerprint density at radius 2 is 1.65 bits per heavy atom. The van der Waals surface area contributed by atoms with Gasteiger partial charge in [0.05, 0.1) is 5.54 Å². The van der Waals surface area contributed by atoms with Gasteiger partial charge in [-0.15, -0.1) is 0 Å². The Morgan fingerprint density at radius 3 is 2.25 bits per heavy atom. The third-order valence-electron chi connectivity index (χ3n) is 4.59.